The summed E-state index contributed by atoms with van der Waals surface area (Å²) < 4.78 is 21.4. The van der Waals surface area contributed by atoms with E-state index in [4.69, 9.17) is 4.42 Å². The maximum absolute atomic E-state index is 13.9. The van der Waals surface area contributed by atoms with Crippen LogP contribution in [0.4, 0.5) is 10.2 Å². The number of nitrogens with zero attached hydrogens (tertiary/aromatic N) is 6. The second-order valence-electron chi connectivity index (χ2n) is 7.82. The lowest BCUT2D eigenvalue weighted by Gasteiger charge is -2.35. The molecule has 5 rings (SSSR count). The van der Waals surface area contributed by atoms with E-state index in [1.54, 1.807) is 47.5 Å². The summed E-state index contributed by atoms with van der Waals surface area (Å²) in [5.41, 5.74) is 1.22. The lowest BCUT2D eigenvalue weighted by Crippen LogP contribution is -2.49. The molecule has 0 unspecified atom stereocenters. The van der Waals surface area contributed by atoms with Gasteiger partial charge >= 0.3 is 0 Å². The Hall–Kier alpha value is -3.75. The molecule has 0 atom stereocenters. The fraction of sp³-hybridized carbons (Fsp3) is 0.304. The molecule has 0 spiro atoms. The quantitative estimate of drug-likeness (QED) is 0.480. The number of rotatable bonds is 5. The number of anilines is 1. The predicted octanol–water partition coefficient (Wildman–Crippen LogP) is 3.04. The lowest BCUT2D eigenvalue weighted by atomic mass is 10.1. The number of benzene rings is 1. The average Bonchev–Trinajstić information content (AvgIpc) is 3.45. The molecule has 9 heteroatoms. The summed E-state index contributed by atoms with van der Waals surface area (Å²) >= 11 is 0. The van der Waals surface area contributed by atoms with Crippen molar-refractivity contribution >= 4 is 22.8 Å². The van der Waals surface area contributed by atoms with Gasteiger partial charge in [0.1, 0.15) is 29.5 Å². The number of piperazine rings is 1. The zero-order valence-electron chi connectivity index (χ0n) is 17.7. The van der Waals surface area contributed by atoms with Crippen LogP contribution in [0.25, 0.3) is 22.4 Å². The Labute approximate surface area is 184 Å². The second kappa shape index (κ2) is 8.41. The standard InChI is InChI=1S/C23H23FN6O2/c1-28-22-18(14-27-28)23(26-15-25-22)30-12-10-29(11-13-30)21(31)9-7-16-6-8-20(32-16)17-4-2-3-5-19(17)24/h2-6,8,14-15H,7,9-13H2,1H3. The monoisotopic (exact) mass is 434 g/mol. The smallest absolute Gasteiger partial charge is 0.223 e. The Kier molecular flexibility index (Phi) is 5.30. The summed E-state index contributed by atoms with van der Waals surface area (Å²) in [6, 6.07) is 10.1. The summed E-state index contributed by atoms with van der Waals surface area (Å²) in [7, 11) is 1.86. The molecule has 1 amide bonds. The van der Waals surface area contributed by atoms with Crippen molar-refractivity contribution < 1.29 is 13.6 Å². The van der Waals surface area contributed by atoms with Gasteiger partial charge in [0.15, 0.2) is 5.65 Å². The Bertz CT molecular complexity index is 1260. The number of halogens is 1. The molecule has 3 aromatic heterocycles. The van der Waals surface area contributed by atoms with E-state index in [-0.39, 0.29) is 11.7 Å². The third-order valence-corrected chi connectivity index (χ3v) is 5.83. The first kappa shape index (κ1) is 20.2. The molecular weight excluding hydrogens is 411 g/mol. The largest absolute Gasteiger partial charge is 0.461 e. The van der Waals surface area contributed by atoms with Gasteiger partial charge in [0.05, 0.1) is 17.1 Å². The molecule has 1 aromatic carbocycles. The number of carbonyl (C=O) groups excluding carboxylic acids is 1. The highest BCUT2D eigenvalue weighted by atomic mass is 19.1. The summed E-state index contributed by atoms with van der Waals surface area (Å²) in [4.78, 5) is 25.5. The summed E-state index contributed by atoms with van der Waals surface area (Å²) in [5, 5.41) is 5.18. The fourth-order valence-electron chi connectivity index (χ4n) is 4.08. The molecule has 0 N–H and O–H groups in total. The SMILES string of the molecule is Cn1ncc2c(N3CCN(C(=O)CCc4ccc(-c5ccccc5F)o4)CC3)ncnc21. The fourth-order valence-corrected chi connectivity index (χ4v) is 4.08. The average molecular weight is 434 g/mol. The number of carbonyl (C=O) groups is 1. The van der Waals surface area contributed by atoms with Crippen LogP contribution in [-0.4, -0.2) is 56.7 Å². The molecule has 8 nitrogen and oxygen atoms in total. The van der Waals surface area contributed by atoms with Crippen LogP contribution >= 0.6 is 0 Å². The number of fused-ring (bicyclic) bond motifs is 1. The van der Waals surface area contributed by atoms with Gasteiger partial charge in [-0.1, -0.05) is 12.1 Å². The lowest BCUT2D eigenvalue weighted by molar-refractivity contribution is -0.131. The molecule has 1 aliphatic rings. The van der Waals surface area contributed by atoms with E-state index in [0.717, 1.165) is 16.9 Å². The number of hydrogen-bond donors (Lipinski definition) is 0. The van der Waals surface area contributed by atoms with Crippen molar-refractivity contribution in [1.29, 1.82) is 0 Å². The number of aryl methyl sites for hydroxylation is 2. The first-order valence-electron chi connectivity index (χ1n) is 10.6. The van der Waals surface area contributed by atoms with Gasteiger partial charge in [-0.15, -0.1) is 0 Å². The topological polar surface area (TPSA) is 80.3 Å². The Morgan fingerprint density at radius 3 is 2.72 bits per heavy atom. The molecule has 1 fully saturated rings. The van der Waals surface area contributed by atoms with Gasteiger partial charge in [-0.05, 0) is 24.3 Å². The minimum atomic E-state index is -0.324. The first-order valence-corrected chi connectivity index (χ1v) is 10.6. The number of amides is 1. The van der Waals surface area contributed by atoms with Gasteiger partial charge in [-0.2, -0.15) is 5.10 Å². The molecule has 0 aliphatic carbocycles. The zero-order chi connectivity index (χ0) is 22.1. The number of hydrogen-bond acceptors (Lipinski definition) is 6. The van der Waals surface area contributed by atoms with Crippen LogP contribution in [0.5, 0.6) is 0 Å². The van der Waals surface area contributed by atoms with E-state index in [2.05, 4.69) is 20.0 Å². The van der Waals surface area contributed by atoms with Crippen LogP contribution < -0.4 is 4.90 Å². The van der Waals surface area contributed by atoms with Gasteiger partial charge in [-0.25, -0.2) is 14.4 Å². The van der Waals surface area contributed by atoms with Crippen molar-refractivity contribution in [2.75, 3.05) is 31.1 Å². The number of furan rings is 1. The summed E-state index contributed by atoms with van der Waals surface area (Å²) in [6.45, 7) is 2.66. The third-order valence-electron chi connectivity index (χ3n) is 5.83. The molecule has 164 valence electrons. The Balaban J connectivity index is 1.17. The van der Waals surface area contributed by atoms with E-state index in [1.807, 2.05) is 11.9 Å². The van der Waals surface area contributed by atoms with Gasteiger partial charge < -0.3 is 14.2 Å². The van der Waals surface area contributed by atoms with Crippen molar-refractivity contribution in [2.24, 2.45) is 7.05 Å². The third kappa shape index (κ3) is 3.81. The molecule has 32 heavy (non-hydrogen) atoms. The van der Waals surface area contributed by atoms with Gasteiger partial charge in [0.2, 0.25) is 5.91 Å². The van der Waals surface area contributed by atoms with Gasteiger partial charge in [0.25, 0.3) is 0 Å². The minimum absolute atomic E-state index is 0.0858. The zero-order valence-corrected chi connectivity index (χ0v) is 17.7. The van der Waals surface area contributed by atoms with E-state index >= 15 is 0 Å². The van der Waals surface area contributed by atoms with E-state index < -0.39 is 0 Å². The van der Waals surface area contributed by atoms with Crippen LogP contribution in [0.2, 0.25) is 0 Å². The Morgan fingerprint density at radius 2 is 1.91 bits per heavy atom. The van der Waals surface area contributed by atoms with E-state index in [0.29, 0.717) is 56.1 Å². The highest BCUT2D eigenvalue weighted by Crippen LogP contribution is 2.26. The maximum Gasteiger partial charge on any atom is 0.223 e. The molecular formula is C23H23FN6O2. The van der Waals surface area contributed by atoms with Crippen molar-refractivity contribution in [3.8, 4) is 11.3 Å². The minimum Gasteiger partial charge on any atom is -0.461 e. The van der Waals surface area contributed by atoms with Crippen molar-refractivity contribution in [1.82, 2.24) is 24.6 Å². The highest BCUT2D eigenvalue weighted by Gasteiger charge is 2.24. The van der Waals surface area contributed by atoms with Crippen molar-refractivity contribution in [2.45, 2.75) is 12.8 Å². The molecule has 4 aromatic rings. The molecule has 1 aliphatic heterocycles. The van der Waals surface area contributed by atoms with Crippen LogP contribution in [-0.2, 0) is 18.3 Å². The van der Waals surface area contributed by atoms with Crippen molar-refractivity contribution in [3.63, 3.8) is 0 Å². The summed E-state index contributed by atoms with van der Waals surface area (Å²) in [5.74, 6) is 1.77. The predicted molar refractivity (Wildman–Crippen MR) is 118 cm³/mol. The normalized spacial score (nSPS) is 14.3. The molecule has 1 saturated heterocycles. The van der Waals surface area contributed by atoms with Crippen molar-refractivity contribution in [3.05, 3.63) is 60.5 Å². The van der Waals surface area contributed by atoms with Crippen LogP contribution in [0, 0.1) is 5.82 Å². The van der Waals surface area contributed by atoms with Crippen LogP contribution in [0.15, 0.2) is 53.3 Å². The molecule has 0 bridgehead atoms. The van der Waals surface area contributed by atoms with E-state index in [1.165, 1.54) is 6.07 Å². The van der Waals surface area contributed by atoms with E-state index in [9.17, 15) is 9.18 Å². The second-order valence-corrected chi connectivity index (χ2v) is 7.82. The molecule has 0 radical (unpaired) electrons. The van der Waals surface area contributed by atoms with Gasteiger partial charge in [-0.3, -0.25) is 9.48 Å². The maximum atomic E-state index is 13.9. The van der Waals surface area contributed by atoms with Crippen LogP contribution in [0.3, 0.4) is 0 Å². The van der Waals surface area contributed by atoms with Gasteiger partial charge in [0, 0.05) is 46.1 Å². The first-order chi connectivity index (χ1) is 15.6. The molecule has 0 saturated carbocycles. The summed E-state index contributed by atoms with van der Waals surface area (Å²) in [6.07, 6.45) is 4.16. The number of aromatic nitrogens is 4. The molecule has 4 heterocycles. The Morgan fingerprint density at radius 1 is 1.09 bits per heavy atom. The van der Waals surface area contributed by atoms with Crippen LogP contribution in [0.1, 0.15) is 12.2 Å². The highest BCUT2D eigenvalue weighted by molar-refractivity contribution is 5.86.